The van der Waals surface area contributed by atoms with Crippen molar-refractivity contribution < 1.29 is 23.1 Å². The standard InChI is InChI=1S/C19H21BrN2O5S/c1-13-10-16(18(23)17(20)11-13)19(24)21-12-14-2-4-15(5-3-14)28(25,26)22-6-8-27-9-7-22/h2-5,10-11,23H,6-9,12H2,1H3,(H,21,24). The van der Waals surface area contributed by atoms with Crippen LogP contribution in [0.3, 0.4) is 0 Å². The van der Waals surface area contributed by atoms with Gasteiger partial charge in [0.1, 0.15) is 5.75 Å². The van der Waals surface area contributed by atoms with Gasteiger partial charge in [-0.2, -0.15) is 4.31 Å². The number of phenols is 1. The molecule has 0 saturated carbocycles. The van der Waals surface area contributed by atoms with E-state index in [0.29, 0.717) is 30.8 Å². The number of morpholine rings is 1. The van der Waals surface area contributed by atoms with Crippen LogP contribution in [0.4, 0.5) is 0 Å². The molecule has 0 radical (unpaired) electrons. The van der Waals surface area contributed by atoms with Gasteiger partial charge in [0.25, 0.3) is 5.91 Å². The fraction of sp³-hybridized carbons (Fsp3) is 0.316. The zero-order chi connectivity index (χ0) is 20.3. The fourth-order valence-electron chi connectivity index (χ4n) is 2.90. The summed E-state index contributed by atoms with van der Waals surface area (Å²) in [4.78, 5) is 12.6. The highest BCUT2D eigenvalue weighted by Crippen LogP contribution is 2.29. The van der Waals surface area contributed by atoms with E-state index >= 15 is 0 Å². The number of nitrogens with one attached hydrogen (secondary N) is 1. The molecular weight excluding hydrogens is 448 g/mol. The summed E-state index contributed by atoms with van der Waals surface area (Å²) in [7, 11) is -3.54. The minimum Gasteiger partial charge on any atom is -0.506 e. The predicted molar refractivity (Wildman–Crippen MR) is 108 cm³/mol. The highest BCUT2D eigenvalue weighted by atomic mass is 79.9. The molecule has 0 aliphatic carbocycles. The number of ether oxygens (including phenoxy) is 1. The first kappa shape index (κ1) is 20.8. The number of phenolic OH excluding ortho intramolecular Hbond substituents is 1. The molecule has 9 heteroatoms. The Kier molecular flexibility index (Phi) is 6.39. The molecular formula is C19H21BrN2O5S. The molecule has 2 N–H and O–H groups in total. The monoisotopic (exact) mass is 468 g/mol. The van der Waals surface area contributed by atoms with Gasteiger partial charge in [-0.05, 0) is 58.2 Å². The Morgan fingerprint density at radius 2 is 1.86 bits per heavy atom. The molecule has 28 heavy (non-hydrogen) atoms. The van der Waals surface area contributed by atoms with Crippen molar-refractivity contribution >= 4 is 31.9 Å². The average molecular weight is 469 g/mol. The summed E-state index contributed by atoms with van der Waals surface area (Å²) in [5.74, 6) is -0.526. The van der Waals surface area contributed by atoms with Crippen molar-refractivity contribution in [3.63, 3.8) is 0 Å². The van der Waals surface area contributed by atoms with Crippen LogP contribution in [0.5, 0.6) is 5.75 Å². The second-order valence-electron chi connectivity index (χ2n) is 6.49. The quantitative estimate of drug-likeness (QED) is 0.702. The molecule has 1 fully saturated rings. The highest BCUT2D eigenvalue weighted by Gasteiger charge is 2.26. The van der Waals surface area contributed by atoms with Crippen molar-refractivity contribution in [2.75, 3.05) is 26.3 Å². The Bertz CT molecular complexity index is 971. The number of halogens is 1. The Hall–Kier alpha value is -1.94. The molecule has 150 valence electrons. The minimum absolute atomic E-state index is 0.116. The van der Waals surface area contributed by atoms with E-state index in [2.05, 4.69) is 21.2 Å². The lowest BCUT2D eigenvalue weighted by Crippen LogP contribution is -2.40. The molecule has 0 unspecified atom stereocenters. The van der Waals surface area contributed by atoms with Crippen molar-refractivity contribution in [1.82, 2.24) is 9.62 Å². The number of hydrogen-bond acceptors (Lipinski definition) is 5. The summed E-state index contributed by atoms with van der Waals surface area (Å²) in [6, 6.07) is 9.73. The SMILES string of the molecule is Cc1cc(Br)c(O)c(C(=O)NCc2ccc(S(=O)(=O)N3CCOCC3)cc2)c1. The maximum absolute atomic E-state index is 12.6. The normalized spacial score (nSPS) is 15.4. The van der Waals surface area contributed by atoms with Gasteiger partial charge in [-0.1, -0.05) is 12.1 Å². The number of aromatic hydroxyl groups is 1. The molecule has 1 amide bonds. The average Bonchev–Trinajstić information content (AvgIpc) is 2.70. The first-order chi connectivity index (χ1) is 13.3. The van der Waals surface area contributed by atoms with Crippen molar-refractivity contribution in [2.24, 2.45) is 0 Å². The van der Waals surface area contributed by atoms with Gasteiger partial charge in [-0.15, -0.1) is 0 Å². The maximum Gasteiger partial charge on any atom is 0.255 e. The van der Waals surface area contributed by atoms with Gasteiger partial charge in [0.05, 0.1) is 28.1 Å². The first-order valence-corrected chi connectivity index (χ1v) is 11.0. The lowest BCUT2D eigenvalue weighted by Gasteiger charge is -2.26. The Morgan fingerprint density at radius 3 is 2.50 bits per heavy atom. The summed E-state index contributed by atoms with van der Waals surface area (Å²) in [6.07, 6.45) is 0. The van der Waals surface area contributed by atoms with Gasteiger partial charge in [0.2, 0.25) is 10.0 Å². The smallest absolute Gasteiger partial charge is 0.255 e. The molecule has 3 rings (SSSR count). The van der Waals surface area contributed by atoms with E-state index in [1.165, 1.54) is 16.4 Å². The summed E-state index contributed by atoms with van der Waals surface area (Å²) in [5.41, 5.74) is 1.77. The van der Waals surface area contributed by atoms with Gasteiger partial charge in [-0.25, -0.2) is 8.42 Å². The first-order valence-electron chi connectivity index (χ1n) is 8.73. The zero-order valence-electron chi connectivity index (χ0n) is 15.3. The lowest BCUT2D eigenvalue weighted by atomic mass is 10.1. The molecule has 7 nitrogen and oxygen atoms in total. The van der Waals surface area contributed by atoms with Crippen LogP contribution in [-0.4, -0.2) is 50.0 Å². The molecule has 0 spiro atoms. The number of carbonyl (C=O) groups is 1. The van der Waals surface area contributed by atoms with Gasteiger partial charge in [0, 0.05) is 19.6 Å². The Labute approximate surface area is 172 Å². The molecule has 1 aliphatic rings. The maximum atomic E-state index is 12.6. The third-order valence-corrected chi connectivity index (χ3v) is 6.95. The number of hydrogen-bond donors (Lipinski definition) is 2. The molecule has 0 atom stereocenters. The van der Waals surface area contributed by atoms with Gasteiger partial charge in [-0.3, -0.25) is 4.79 Å². The van der Waals surface area contributed by atoms with Crippen LogP contribution < -0.4 is 5.32 Å². The van der Waals surface area contributed by atoms with Crippen LogP contribution in [0, 0.1) is 6.92 Å². The largest absolute Gasteiger partial charge is 0.506 e. The molecule has 2 aromatic rings. The van der Waals surface area contributed by atoms with Gasteiger partial charge < -0.3 is 15.2 Å². The highest BCUT2D eigenvalue weighted by molar-refractivity contribution is 9.10. The third kappa shape index (κ3) is 4.54. The van der Waals surface area contributed by atoms with E-state index in [9.17, 15) is 18.3 Å². The summed E-state index contributed by atoms with van der Waals surface area (Å²) in [5, 5.41) is 12.8. The van der Waals surface area contributed by atoms with Crippen LogP contribution >= 0.6 is 15.9 Å². The number of benzene rings is 2. The van der Waals surface area contributed by atoms with E-state index in [-0.39, 0.29) is 22.8 Å². The second-order valence-corrected chi connectivity index (χ2v) is 9.28. The van der Waals surface area contributed by atoms with Crippen molar-refractivity contribution in [1.29, 1.82) is 0 Å². The topological polar surface area (TPSA) is 95.9 Å². The molecule has 1 aliphatic heterocycles. The molecule has 1 saturated heterocycles. The van der Waals surface area contributed by atoms with Crippen LogP contribution in [0.25, 0.3) is 0 Å². The number of aryl methyl sites for hydroxylation is 1. The Morgan fingerprint density at radius 1 is 1.21 bits per heavy atom. The van der Waals surface area contributed by atoms with Crippen molar-refractivity contribution in [2.45, 2.75) is 18.4 Å². The van der Waals surface area contributed by atoms with E-state index in [4.69, 9.17) is 4.74 Å². The number of carbonyl (C=O) groups excluding carboxylic acids is 1. The Balaban J connectivity index is 1.67. The number of amides is 1. The third-order valence-electron chi connectivity index (χ3n) is 4.44. The predicted octanol–water partition coefficient (Wildman–Crippen LogP) is 2.41. The summed E-state index contributed by atoms with van der Waals surface area (Å²) < 4.78 is 32.3. The van der Waals surface area contributed by atoms with Gasteiger partial charge in [0.15, 0.2) is 0 Å². The number of rotatable bonds is 5. The summed E-state index contributed by atoms with van der Waals surface area (Å²) in [6.45, 7) is 3.51. The van der Waals surface area contributed by atoms with Crippen LogP contribution in [-0.2, 0) is 21.3 Å². The lowest BCUT2D eigenvalue weighted by molar-refractivity contribution is 0.0730. The zero-order valence-corrected chi connectivity index (χ0v) is 17.7. The van der Waals surface area contributed by atoms with E-state index in [1.54, 1.807) is 24.3 Å². The molecule has 0 aromatic heterocycles. The van der Waals surface area contributed by atoms with Crippen molar-refractivity contribution in [3.8, 4) is 5.75 Å². The van der Waals surface area contributed by atoms with Crippen molar-refractivity contribution in [3.05, 3.63) is 57.6 Å². The van der Waals surface area contributed by atoms with Crippen LogP contribution in [0.2, 0.25) is 0 Å². The van der Waals surface area contributed by atoms with Crippen LogP contribution in [0.1, 0.15) is 21.5 Å². The second kappa shape index (κ2) is 8.60. The van der Waals surface area contributed by atoms with Gasteiger partial charge >= 0.3 is 0 Å². The number of nitrogens with zero attached hydrogens (tertiary/aromatic N) is 1. The summed E-state index contributed by atoms with van der Waals surface area (Å²) >= 11 is 3.22. The number of sulfonamides is 1. The molecule has 1 heterocycles. The fourth-order valence-corrected chi connectivity index (χ4v) is 4.88. The van der Waals surface area contributed by atoms with E-state index in [0.717, 1.165) is 11.1 Å². The molecule has 0 bridgehead atoms. The van der Waals surface area contributed by atoms with E-state index in [1.807, 2.05) is 6.92 Å². The molecule has 2 aromatic carbocycles. The minimum atomic E-state index is -3.54. The van der Waals surface area contributed by atoms with Crippen LogP contribution in [0.15, 0.2) is 45.8 Å². The van der Waals surface area contributed by atoms with E-state index < -0.39 is 15.9 Å².